The number of carbonyl (C=O) groups is 1. The van der Waals surface area contributed by atoms with Crippen LogP contribution in [0.1, 0.15) is 21.9 Å². The van der Waals surface area contributed by atoms with Crippen LogP contribution in [-0.4, -0.2) is 15.7 Å². The molecule has 0 aliphatic rings. The molecule has 0 aromatic carbocycles. The Balaban J connectivity index is 2.17. The maximum Gasteiger partial charge on any atom is 0.271 e. The second kappa shape index (κ2) is 4.18. The number of nitrogens with zero attached hydrogens (tertiary/aromatic N) is 2. The summed E-state index contributed by atoms with van der Waals surface area (Å²) in [4.78, 5) is 11.7. The minimum atomic E-state index is -0.179. The molecule has 0 amide bonds. The SMILES string of the molecule is Cc1cc(C)n(C(=O)/C=C/c2ccco2)n1. The van der Waals surface area contributed by atoms with Crippen LogP contribution in [0.15, 0.2) is 35.0 Å². The zero-order valence-corrected chi connectivity index (χ0v) is 9.18. The molecule has 4 heteroatoms. The van der Waals surface area contributed by atoms with E-state index >= 15 is 0 Å². The third kappa shape index (κ3) is 2.11. The van der Waals surface area contributed by atoms with Gasteiger partial charge in [0.05, 0.1) is 12.0 Å². The number of furan rings is 1. The Morgan fingerprint density at radius 3 is 2.88 bits per heavy atom. The van der Waals surface area contributed by atoms with Crippen LogP contribution >= 0.6 is 0 Å². The van der Waals surface area contributed by atoms with Gasteiger partial charge in [0.1, 0.15) is 5.76 Å². The van der Waals surface area contributed by atoms with E-state index in [9.17, 15) is 4.79 Å². The number of rotatable bonds is 2. The summed E-state index contributed by atoms with van der Waals surface area (Å²) in [5.41, 5.74) is 1.66. The van der Waals surface area contributed by atoms with Gasteiger partial charge in [-0.2, -0.15) is 5.10 Å². The molecule has 0 unspecified atom stereocenters. The van der Waals surface area contributed by atoms with Gasteiger partial charge in [-0.15, -0.1) is 0 Å². The van der Waals surface area contributed by atoms with Crippen molar-refractivity contribution in [1.29, 1.82) is 0 Å². The quantitative estimate of drug-likeness (QED) is 0.724. The molecule has 2 heterocycles. The number of allylic oxidation sites excluding steroid dienone is 1. The molecule has 0 radical (unpaired) electrons. The summed E-state index contributed by atoms with van der Waals surface area (Å²) in [7, 11) is 0. The van der Waals surface area contributed by atoms with E-state index in [-0.39, 0.29) is 5.91 Å². The van der Waals surface area contributed by atoms with Crippen molar-refractivity contribution in [1.82, 2.24) is 9.78 Å². The molecule has 0 aliphatic heterocycles. The van der Waals surface area contributed by atoms with Gasteiger partial charge in [-0.1, -0.05) is 0 Å². The second-order valence-electron chi connectivity index (χ2n) is 3.53. The summed E-state index contributed by atoms with van der Waals surface area (Å²) < 4.78 is 6.46. The first-order valence-corrected chi connectivity index (χ1v) is 4.96. The second-order valence-corrected chi connectivity index (χ2v) is 3.53. The molecule has 4 nitrogen and oxygen atoms in total. The van der Waals surface area contributed by atoms with Gasteiger partial charge in [-0.25, -0.2) is 4.68 Å². The molecule has 0 saturated heterocycles. The van der Waals surface area contributed by atoms with Gasteiger partial charge < -0.3 is 4.42 Å². The first-order chi connectivity index (χ1) is 7.66. The smallest absolute Gasteiger partial charge is 0.271 e. The predicted molar refractivity (Wildman–Crippen MR) is 60.1 cm³/mol. The fraction of sp³-hybridized carbons (Fsp3) is 0.167. The van der Waals surface area contributed by atoms with Crippen LogP contribution in [0.4, 0.5) is 0 Å². The summed E-state index contributed by atoms with van der Waals surface area (Å²) in [5.74, 6) is 0.469. The predicted octanol–water partition coefficient (Wildman–Crippen LogP) is 2.45. The van der Waals surface area contributed by atoms with Crippen molar-refractivity contribution in [3.8, 4) is 0 Å². The van der Waals surface area contributed by atoms with Crippen molar-refractivity contribution in [2.75, 3.05) is 0 Å². The van der Waals surface area contributed by atoms with Crippen molar-refractivity contribution in [2.24, 2.45) is 0 Å². The van der Waals surface area contributed by atoms with Crippen LogP contribution in [0.5, 0.6) is 0 Å². The van der Waals surface area contributed by atoms with Crippen LogP contribution in [0.3, 0.4) is 0 Å². The highest BCUT2D eigenvalue weighted by molar-refractivity contribution is 5.93. The fourth-order valence-corrected chi connectivity index (χ4v) is 1.46. The molecule has 0 bridgehead atoms. The van der Waals surface area contributed by atoms with Gasteiger partial charge in [-0.05, 0) is 38.1 Å². The fourth-order valence-electron chi connectivity index (χ4n) is 1.46. The molecule has 2 aromatic heterocycles. The maximum atomic E-state index is 11.7. The molecule has 0 atom stereocenters. The van der Waals surface area contributed by atoms with Crippen LogP contribution in [0.25, 0.3) is 6.08 Å². The summed E-state index contributed by atoms with van der Waals surface area (Å²) in [6.07, 6.45) is 4.63. The Bertz CT molecular complexity index is 521. The molecule has 0 saturated carbocycles. The van der Waals surface area contributed by atoms with Gasteiger partial charge in [0, 0.05) is 11.8 Å². The third-order valence-corrected chi connectivity index (χ3v) is 2.15. The normalized spacial score (nSPS) is 11.1. The monoisotopic (exact) mass is 216 g/mol. The van der Waals surface area contributed by atoms with Crippen molar-refractivity contribution < 1.29 is 9.21 Å². The maximum absolute atomic E-state index is 11.7. The molecular formula is C12H12N2O2. The molecule has 82 valence electrons. The number of aryl methyl sites for hydroxylation is 2. The summed E-state index contributed by atoms with van der Waals surface area (Å²) in [6, 6.07) is 5.41. The molecule has 2 aromatic rings. The minimum Gasteiger partial charge on any atom is -0.465 e. The highest BCUT2D eigenvalue weighted by atomic mass is 16.3. The van der Waals surface area contributed by atoms with Crippen LogP contribution < -0.4 is 0 Å². The Hall–Kier alpha value is -2.10. The Kier molecular flexibility index (Phi) is 2.72. The largest absolute Gasteiger partial charge is 0.465 e. The first-order valence-electron chi connectivity index (χ1n) is 4.96. The van der Waals surface area contributed by atoms with Crippen LogP contribution in [0.2, 0.25) is 0 Å². The van der Waals surface area contributed by atoms with Crippen LogP contribution in [0, 0.1) is 13.8 Å². The standard InChI is InChI=1S/C12H12N2O2/c1-9-8-10(2)14(13-9)12(15)6-5-11-4-3-7-16-11/h3-8H,1-2H3/b6-5+. The first kappa shape index (κ1) is 10.4. The Labute approximate surface area is 93.2 Å². The van der Waals surface area contributed by atoms with E-state index in [1.54, 1.807) is 24.5 Å². The van der Waals surface area contributed by atoms with Gasteiger partial charge in [-0.3, -0.25) is 4.79 Å². The van der Waals surface area contributed by atoms with Gasteiger partial charge in [0.15, 0.2) is 0 Å². The van der Waals surface area contributed by atoms with E-state index in [0.29, 0.717) is 5.76 Å². The van der Waals surface area contributed by atoms with Gasteiger partial charge in [0.2, 0.25) is 0 Å². The highest BCUT2D eigenvalue weighted by Gasteiger charge is 2.06. The summed E-state index contributed by atoms with van der Waals surface area (Å²) >= 11 is 0. The number of aromatic nitrogens is 2. The van der Waals surface area contributed by atoms with Crippen LogP contribution in [-0.2, 0) is 0 Å². The van der Waals surface area contributed by atoms with Gasteiger partial charge in [0.25, 0.3) is 5.91 Å². The van der Waals surface area contributed by atoms with Gasteiger partial charge >= 0.3 is 0 Å². The Morgan fingerprint density at radius 1 is 1.50 bits per heavy atom. The summed E-state index contributed by atoms with van der Waals surface area (Å²) in [6.45, 7) is 3.70. The Morgan fingerprint density at radius 2 is 2.31 bits per heavy atom. The van der Waals surface area contributed by atoms with Crippen molar-refractivity contribution >= 4 is 12.0 Å². The molecular weight excluding hydrogens is 204 g/mol. The van der Waals surface area contributed by atoms with E-state index in [1.807, 2.05) is 19.9 Å². The lowest BCUT2D eigenvalue weighted by molar-refractivity contribution is 0.0952. The van der Waals surface area contributed by atoms with Crippen molar-refractivity contribution in [3.63, 3.8) is 0 Å². The average Bonchev–Trinajstić information content (AvgIpc) is 2.84. The molecule has 0 N–H and O–H groups in total. The molecule has 0 spiro atoms. The highest BCUT2D eigenvalue weighted by Crippen LogP contribution is 2.05. The third-order valence-electron chi connectivity index (χ3n) is 2.15. The zero-order valence-electron chi connectivity index (χ0n) is 9.18. The minimum absolute atomic E-state index is 0.179. The zero-order chi connectivity index (χ0) is 11.5. The number of hydrogen-bond acceptors (Lipinski definition) is 3. The number of hydrogen-bond donors (Lipinski definition) is 0. The molecule has 16 heavy (non-hydrogen) atoms. The molecule has 0 fully saturated rings. The average molecular weight is 216 g/mol. The van der Waals surface area contributed by atoms with E-state index in [4.69, 9.17) is 4.42 Å². The molecule has 0 aliphatic carbocycles. The topological polar surface area (TPSA) is 48.0 Å². The van der Waals surface area contributed by atoms with E-state index in [1.165, 1.54) is 10.8 Å². The number of carbonyl (C=O) groups excluding carboxylic acids is 1. The summed E-state index contributed by atoms with van der Waals surface area (Å²) in [5, 5.41) is 4.10. The van der Waals surface area contributed by atoms with Crippen molar-refractivity contribution in [2.45, 2.75) is 13.8 Å². The van der Waals surface area contributed by atoms with E-state index in [0.717, 1.165) is 11.4 Å². The lowest BCUT2D eigenvalue weighted by atomic mass is 10.3. The van der Waals surface area contributed by atoms with E-state index in [2.05, 4.69) is 5.10 Å². The van der Waals surface area contributed by atoms with Crippen molar-refractivity contribution in [3.05, 3.63) is 47.7 Å². The van der Waals surface area contributed by atoms with E-state index < -0.39 is 0 Å². The lowest BCUT2D eigenvalue weighted by Gasteiger charge is -1.96. The molecule has 2 rings (SSSR count). The lowest BCUT2D eigenvalue weighted by Crippen LogP contribution is -2.10.